The third-order valence-electron chi connectivity index (χ3n) is 7.13. The van der Waals surface area contributed by atoms with E-state index in [-0.39, 0.29) is 5.41 Å². The Balaban J connectivity index is 1.83. The molecule has 1 aliphatic rings. The van der Waals surface area contributed by atoms with Crippen LogP contribution in [0, 0.1) is 5.41 Å². The molecular formula is C33H43Cl2N3. The van der Waals surface area contributed by atoms with E-state index in [0.29, 0.717) is 16.6 Å². The van der Waals surface area contributed by atoms with Crippen molar-refractivity contribution < 1.29 is 0 Å². The van der Waals surface area contributed by atoms with Crippen LogP contribution in [0.1, 0.15) is 96.8 Å². The summed E-state index contributed by atoms with van der Waals surface area (Å²) in [6.07, 6.45) is 13.6. The van der Waals surface area contributed by atoms with Crippen LogP contribution in [0.2, 0.25) is 5.02 Å². The highest BCUT2D eigenvalue weighted by Crippen LogP contribution is 2.32. The molecule has 2 aromatic rings. The number of rotatable bonds is 11. The first kappa shape index (κ1) is 30.2. The second kappa shape index (κ2) is 13.6. The van der Waals surface area contributed by atoms with Crippen molar-refractivity contribution in [2.24, 2.45) is 0 Å². The highest BCUT2D eigenvalue weighted by Gasteiger charge is 2.19. The zero-order valence-corrected chi connectivity index (χ0v) is 25.4. The molecule has 5 heteroatoms. The number of nitrogens with one attached hydrogen (secondary N) is 2. The normalized spacial score (nSPS) is 14.5. The molecule has 2 N–H and O–H groups in total. The largest absolute Gasteiger partial charge is 0.339 e. The molecule has 0 spiro atoms. The summed E-state index contributed by atoms with van der Waals surface area (Å²) < 4.78 is 0. The molecule has 0 fully saturated rings. The number of halogens is 2. The Morgan fingerprint density at radius 2 is 1.82 bits per heavy atom. The van der Waals surface area contributed by atoms with Crippen LogP contribution in [-0.4, -0.2) is 10.7 Å². The smallest absolute Gasteiger partial charge is 0.149 e. The molecule has 3 nitrogen and oxygen atoms in total. The fourth-order valence-corrected chi connectivity index (χ4v) is 5.31. The summed E-state index contributed by atoms with van der Waals surface area (Å²) in [4.78, 5) is 4.64. The lowest BCUT2D eigenvalue weighted by Crippen LogP contribution is -2.12. The van der Waals surface area contributed by atoms with Crippen LogP contribution in [0.15, 0.2) is 64.4 Å². The molecule has 204 valence electrons. The van der Waals surface area contributed by atoms with Gasteiger partial charge in [0.2, 0.25) is 0 Å². The second-order valence-corrected chi connectivity index (χ2v) is 12.2. The molecule has 1 aliphatic carbocycles. The number of aryl methyl sites for hydroxylation is 2. The van der Waals surface area contributed by atoms with Gasteiger partial charge in [0, 0.05) is 22.5 Å². The average Bonchev–Trinajstić information content (AvgIpc) is 2.86. The van der Waals surface area contributed by atoms with Gasteiger partial charge in [-0.2, -0.15) is 0 Å². The molecule has 0 unspecified atom stereocenters. The van der Waals surface area contributed by atoms with Gasteiger partial charge in [-0.25, -0.2) is 4.98 Å². The minimum atomic E-state index is -0.00153. The van der Waals surface area contributed by atoms with E-state index in [9.17, 15) is 0 Å². The van der Waals surface area contributed by atoms with E-state index >= 15 is 0 Å². The number of allylic oxidation sites excluding steroid dienone is 6. The molecule has 0 aliphatic heterocycles. The van der Waals surface area contributed by atoms with Crippen molar-refractivity contribution in [3.63, 3.8) is 0 Å². The fourth-order valence-electron chi connectivity index (χ4n) is 4.83. The molecule has 1 aromatic heterocycles. The fraction of sp³-hybridized carbons (Fsp3) is 0.455. The summed E-state index contributed by atoms with van der Waals surface area (Å²) in [5, 5.41) is 13.9. The van der Waals surface area contributed by atoms with Crippen LogP contribution < -0.4 is 5.32 Å². The Hall–Kier alpha value is -2.36. The third-order valence-corrected chi connectivity index (χ3v) is 7.81. The van der Waals surface area contributed by atoms with E-state index in [1.807, 2.05) is 18.3 Å². The number of nitrogens with zero attached hydrogens (tertiary/aromatic N) is 1. The van der Waals surface area contributed by atoms with E-state index in [0.717, 1.165) is 78.8 Å². The van der Waals surface area contributed by atoms with Gasteiger partial charge in [-0.15, -0.1) is 0 Å². The maximum absolute atomic E-state index is 9.01. The molecule has 1 heterocycles. The number of anilines is 2. The quantitative estimate of drug-likeness (QED) is 0.272. The van der Waals surface area contributed by atoms with Gasteiger partial charge in [0.1, 0.15) is 5.82 Å². The van der Waals surface area contributed by atoms with Crippen molar-refractivity contribution >= 4 is 40.4 Å². The highest BCUT2D eigenvalue weighted by molar-refractivity contribution is 6.34. The molecule has 3 rings (SSSR count). The average molecular weight is 553 g/mol. The number of pyridine rings is 1. The maximum Gasteiger partial charge on any atom is 0.149 e. The van der Waals surface area contributed by atoms with Crippen molar-refractivity contribution in [3.8, 4) is 0 Å². The summed E-state index contributed by atoms with van der Waals surface area (Å²) >= 11 is 13.2. The topological polar surface area (TPSA) is 48.8 Å². The first-order chi connectivity index (χ1) is 18.0. The predicted octanol–water partition coefficient (Wildman–Crippen LogP) is 10.6. The third kappa shape index (κ3) is 7.83. The summed E-state index contributed by atoms with van der Waals surface area (Å²) in [5.74, 6) is 0.685. The molecule has 38 heavy (non-hydrogen) atoms. The Morgan fingerprint density at radius 3 is 2.45 bits per heavy atom. The summed E-state index contributed by atoms with van der Waals surface area (Å²) in [6.45, 7) is 13.0. The zero-order valence-electron chi connectivity index (χ0n) is 23.9. The lowest BCUT2D eigenvalue weighted by atomic mass is 9.88. The molecule has 0 saturated heterocycles. The van der Waals surface area contributed by atoms with Gasteiger partial charge in [0.25, 0.3) is 0 Å². The molecule has 0 bridgehead atoms. The van der Waals surface area contributed by atoms with Crippen LogP contribution >= 0.6 is 23.2 Å². The van der Waals surface area contributed by atoms with Gasteiger partial charge < -0.3 is 5.32 Å². The molecule has 0 radical (unpaired) electrons. The van der Waals surface area contributed by atoms with Gasteiger partial charge in [0.15, 0.2) is 0 Å². The minimum Gasteiger partial charge on any atom is -0.339 e. The molecule has 1 aromatic carbocycles. The van der Waals surface area contributed by atoms with Crippen LogP contribution in [0.5, 0.6) is 0 Å². The lowest BCUT2D eigenvalue weighted by Gasteiger charge is -2.20. The molecule has 0 atom stereocenters. The molecule has 0 saturated carbocycles. The number of aromatic nitrogens is 1. The van der Waals surface area contributed by atoms with Crippen molar-refractivity contribution in [1.29, 1.82) is 5.41 Å². The lowest BCUT2D eigenvalue weighted by molar-refractivity contribution is 0.588. The molecule has 0 amide bonds. The Bertz CT molecular complexity index is 1250. The first-order valence-electron chi connectivity index (χ1n) is 13.9. The van der Waals surface area contributed by atoms with E-state index < -0.39 is 0 Å². The Labute approximate surface area is 240 Å². The highest BCUT2D eigenvalue weighted by atomic mass is 35.5. The van der Waals surface area contributed by atoms with Gasteiger partial charge in [-0.05, 0) is 85.3 Å². The number of hydrogen-bond acceptors (Lipinski definition) is 3. The first-order valence-corrected chi connectivity index (χ1v) is 14.7. The van der Waals surface area contributed by atoms with Gasteiger partial charge in [0.05, 0.1) is 10.7 Å². The van der Waals surface area contributed by atoms with Crippen LogP contribution in [0.3, 0.4) is 0 Å². The van der Waals surface area contributed by atoms with Gasteiger partial charge in [-0.3, -0.25) is 5.41 Å². The second-order valence-electron chi connectivity index (χ2n) is 11.3. The van der Waals surface area contributed by atoms with Crippen molar-refractivity contribution in [3.05, 3.63) is 86.1 Å². The maximum atomic E-state index is 9.01. The zero-order chi connectivity index (χ0) is 27.9. The van der Waals surface area contributed by atoms with Crippen molar-refractivity contribution in [1.82, 2.24) is 4.98 Å². The number of hydrogen-bond donors (Lipinski definition) is 2. The predicted molar refractivity (Wildman–Crippen MR) is 167 cm³/mol. The SMILES string of the molecule is CCC/C(C)=C(\CCc1ccc(Nc2ncc(C(C)(C)C)cc2Cl)c(CCC)c1)C(=N)C1=C(Cl)CCC=C1. The summed E-state index contributed by atoms with van der Waals surface area (Å²) in [7, 11) is 0. The van der Waals surface area contributed by atoms with Gasteiger partial charge in [-0.1, -0.05) is 101 Å². The Kier molecular flexibility index (Phi) is 10.8. The van der Waals surface area contributed by atoms with Crippen molar-refractivity contribution in [2.45, 2.75) is 98.3 Å². The summed E-state index contributed by atoms with van der Waals surface area (Å²) in [6, 6.07) is 8.64. The number of benzene rings is 1. The van der Waals surface area contributed by atoms with E-state index in [2.05, 4.69) is 76.1 Å². The summed E-state index contributed by atoms with van der Waals surface area (Å²) in [5.41, 5.74) is 8.58. The minimum absolute atomic E-state index is 0.00153. The monoisotopic (exact) mass is 551 g/mol. The van der Waals surface area contributed by atoms with E-state index in [4.69, 9.17) is 28.6 Å². The Morgan fingerprint density at radius 1 is 1.05 bits per heavy atom. The van der Waals surface area contributed by atoms with E-state index in [1.54, 1.807) is 0 Å². The van der Waals surface area contributed by atoms with Crippen molar-refractivity contribution in [2.75, 3.05) is 5.32 Å². The van der Waals surface area contributed by atoms with Crippen LogP contribution in [0.4, 0.5) is 11.5 Å². The van der Waals surface area contributed by atoms with E-state index in [1.165, 1.54) is 16.7 Å². The van der Waals surface area contributed by atoms with Crippen LogP contribution in [-0.2, 0) is 18.3 Å². The standard InChI is InChI=1S/C33H43Cl2N3/c1-7-11-22(3)26(31(36)27-13-9-10-14-28(27)34)17-15-23-16-18-30(24(19-23)12-8-2)38-32-29(35)20-25(21-37-32)33(4,5)6/h9,13,16,18-21,36H,7-8,10-12,14-15,17H2,1-6H3,(H,37,38)/b26-22+,36-31?. The van der Waals surface area contributed by atoms with Crippen LogP contribution in [0.25, 0.3) is 0 Å². The van der Waals surface area contributed by atoms with Gasteiger partial charge >= 0.3 is 0 Å². The molecular weight excluding hydrogens is 509 g/mol.